The van der Waals surface area contributed by atoms with Gasteiger partial charge in [-0.2, -0.15) is 0 Å². The molecule has 0 saturated heterocycles. The molecular weight excluding hydrogens is 188 g/mol. The van der Waals surface area contributed by atoms with Crippen LogP contribution < -0.4 is 0 Å². The van der Waals surface area contributed by atoms with Gasteiger partial charge in [-0.15, -0.1) is 11.3 Å². The average Bonchev–Trinajstić information content (AvgIpc) is 2.55. The van der Waals surface area contributed by atoms with E-state index in [-0.39, 0.29) is 0 Å². The molecule has 0 atom stereocenters. The Labute approximate surface area is 88.9 Å². The van der Waals surface area contributed by atoms with Crippen LogP contribution in [0.1, 0.15) is 23.8 Å². The highest BCUT2D eigenvalue weighted by atomic mass is 32.1. The maximum Gasteiger partial charge on any atom is 0.0351 e. The number of hydrogen-bond donors (Lipinski definition) is 0. The Bertz CT molecular complexity index is 477. The van der Waals surface area contributed by atoms with Crippen molar-refractivity contribution in [1.29, 1.82) is 0 Å². The maximum absolute atomic E-state index is 4.06. The van der Waals surface area contributed by atoms with Crippen molar-refractivity contribution in [1.82, 2.24) is 0 Å². The van der Waals surface area contributed by atoms with Crippen LogP contribution in [0.5, 0.6) is 0 Å². The number of fused-ring (bicyclic) bond motifs is 1. The van der Waals surface area contributed by atoms with Gasteiger partial charge in [-0.3, -0.25) is 0 Å². The number of aryl methyl sites for hydroxylation is 1. The lowest BCUT2D eigenvalue weighted by molar-refractivity contribution is 1.25. The van der Waals surface area contributed by atoms with Crippen LogP contribution in [0.2, 0.25) is 0 Å². The predicted octanol–water partition coefficient (Wildman–Crippen LogP) is 4.63. The highest BCUT2D eigenvalue weighted by molar-refractivity contribution is 7.19. The smallest absolute Gasteiger partial charge is 0.0351 e. The standard InChI is InChI=1S/C13H14S/c1-4-9(2)11-5-6-12-7-10(3)14-13(12)8-11/h5-8H,2,4H2,1,3H3. The Morgan fingerprint density at radius 3 is 2.86 bits per heavy atom. The summed E-state index contributed by atoms with van der Waals surface area (Å²) in [5, 5.41) is 1.35. The molecule has 0 bridgehead atoms. The Kier molecular flexibility index (Phi) is 2.42. The second kappa shape index (κ2) is 3.58. The molecule has 1 heterocycles. The molecule has 72 valence electrons. The van der Waals surface area contributed by atoms with Gasteiger partial charge in [0.25, 0.3) is 0 Å². The zero-order valence-electron chi connectivity index (χ0n) is 8.63. The number of thiophene rings is 1. The minimum Gasteiger partial charge on any atom is -0.141 e. The highest BCUT2D eigenvalue weighted by Gasteiger charge is 2.01. The molecule has 0 aliphatic heterocycles. The third kappa shape index (κ3) is 1.60. The van der Waals surface area contributed by atoms with Crippen molar-refractivity contribution in [3.63, 3.8) is 0 Å². The van der Waals surface area contributed by atoms with E-state index in [2.05, 4.69) is 44.7 Å². The van der Waals surface area contributed by atoms with Crippen LogP contribution in [-0.2, 0) is 0 Å². The summed E-state index contributed by atoms with van der Waals surface area (Å²) in [6.07, 6.45) is 1.02. The van der Waals surface area contributed by atoms with Crippen LogP contribution in [0.4, 0.5) is 0 Å². The molecule has 0 spiro atoms. The lowest BCUT2D eigenvalue weighted by Gasteiger charge is -2.01. The maximum atomic E-state index is 4.06. The van der Waals surface area contributed by atoms with Gasteiger partial charge in [0.15, 0.2) is 0 Å². The first-order chi connectivity index (χ1) is 6.70. The van der Waals surface area contributed by atoms with Gasteiger partial charge in [0.1, 0.15) is 0 Å². The van der Waals surface area contributed by atoms with E-state index < -0.39 is 0 Å². The molecule has 1 aromatic carbocycles. The minimum absolute atomic E-state index is 1.02. The van der Waals surface area contributed by atoms with E-state index in [1.807, 2.05) is 11.3 Å². The monoisotopic (exact) mass is 202 g/mol. The Hall–Kier alpha value is -1.08. The van der Waals surface area contributed by atoms with Crippen molar-refractivity contribution in [2.75, 3.05) is 0 Å². The molecule has 0 nitrogen and oxygen atoms in total. The van der Waals surface area contributed by atoms with Crippen LogP contribution in [0.15, 0.2) is 30.8 Å². The molecule has 1 aromatic heterocycles. The van der Waals surface area contributed by atoms with E-state index in [1.165, 1.54) is 26.1 Å². The first-order valence-electron chi connectivity index (χ1n) is 4.89. The van der Waals surface area contributed by atoms with Crippen molar-refractivity contribution in [2.24, 2.45) is 0 Å². The molecule has 0 amide bonds. The quantitative estimate of drug-likeness (QED) is 0.666. The fourth-order valence-corrected chi connectivity index (χ4v) is 2.55. The van der Waals surface area contributed by atoms with Crippen molar-refractivity contribution in [2.45, 2.75) is 20.3 Å². The van der Waals surface area contributed by atoms with Gasteiger partial charge in [0.2, 0.25) is 0 Å². The van der Waals surface area contributed by atoms with Gasteiger partial charge in [0, 0.05) is 9.58 Å². The first-order valence-corrected chi connectivity index (χ1v) is 5.70. The molecule has 2 rings (SSSR count). The summed E-state index contributed by atoms with van der Waals surface area (Å²) in [7, 11) is 0. The summed E-state index contributed by atoms with van der Waals surface area (Å²) >= 11 is 1.85. The van der Waals surface area contributed by atoms with Gasteiger partial charge in [-0.25, -0.2) is 0 Å². The molecule has 0 aliphatic rings. The van der Waals surface area contributed by atoms with Crippen molar-refractivity contribution < 1.29 is 0 Å². The molecule has 14 heavy (non-hydrogen) atoms. The Morgan fingerprint density at radius 1 is 1.36 bits per heavy atom. The van der Waals surface area contributed by atoms with Crippen LogP contribution in [0.25, 0.3) is 15.7 Å². The molecule has 0 N–H and O–H groups in total. The zero-order chi connectivity index (χ0) is 10.1. The van der Waals surface area contributed by atoms with Crippen molar-refractivity contribution in [3.05, 3.63) is 41.3 Å². The SMILES string of the molecule is C=C(CC)c1ccc2cc(C)sc2c1. The third-order valence-corrected chi connectivity index (χ3v) is 3.49. The second-order valence-electron chi connectivity index (χ2n) is 3.57. The molecule has 0 aliphatic carbocycles. The molecule has 0 unspecified atom stereocenters. The largest absolute Gasteiger partial charge is 0.141 e. The second-order valence-corrected chi connectivity index (χ2v) is 4.85. The van der Waals surface area contributed by atoms with E-state index in [1.54, 1.807) is 0 Å². The summed E-state index contributed by atoms with van der Waals surface area (Å²) in [5.74, 6) is 0. The topological polar surface area (TPSA) is 0 Å². The molecule has 0 saturated carbocycles. The summed E-state index contributed by atoms with van der Waals surface area (Å²) in [6, 6.07) is 8.84. The fourth-order valence-electron chi connectivity index (χ4n) is 1.59. The van der Waals surface area contributed by atoms with Gasteiger partial charge in [-0.1, -0.05) is 25.6 Å². The summed E-state index contributed by atoms with van der Waals surface area (Å²) in [6.45, 7) is 8.36. The third-order valence-electron chi connectivity index (χ3n) is 2.48. The summed E-state index contributed by atoms with van der Waals surface area (Å²) in [4.78, 5) is 1.37. The van der Waals surface area contributed by atoms with Crippen molar-refractivity contribution >= 4 is 27.0 Å². The minimum atomic E-state index is 1.02. The average molecular weight is 202 g/mol. The zero-order valence-corrected chi connectivity index (χ0v) is 9.45. The number of benzene rings is 1. The Balaban J connectivity index is 2.55. The van der Waals surface area contributed by atoms with Gasteiger partial charge in [-0.05, 0) is 42.0 Å². The van der Waals surface area contributed by atoms with Crippen LogP contribution in [-0.4, -0.2) is 0 Å². The fraction of sp³-hybridized carbons (Fsp3) is 0.231. The summed E-state index contributed by atoms with van der Waals surface area (Å²) < 4.78 is 1.37. The van der Waals surface area contributed by atoms with Crippen LogP contribution >= 0.6 is 11.3 Å². The normalized spacial score (nSPS) is 10.7. The Morgan fingerprint density at radius 2 is 2.14 bits per heavy atom. The number of allylic oxidation sites excluding steroid dienone is 1. The van der Waals surface area contributed by atoms with Gasteiger partial charge >= 0.3 is 0 Å². The van der Waals surface area contributed by atoms with Gasteiger partial charge in [0.05, 0.1) is 0 Å². The van der Waals surface area contributed by atoms with E-state index in [0.717, 1.165) is 6.42 Å². The first kappa shape index (κ1) is 9.47. The molecular formula is C13H14S. The van der Waals surface area contributed by atoms with E-state index in [9.17, 15) is 0 Å². The lowest BCUT2D eigenvalue weighted by atomic mass is 10.0. The lowest BCUT2D eigenvalue weighted by Crippen LogP contribution is -1.78. The molecule has 0 radical (unpaired) electrons. The number of rotatable bonds is 2. The van der Waals surface area contributed by atoms with Gasteiger partial charge < -0.3 is 0 Å². The highest BCUT2D eigenvalue weighted by Crippen LogP contribution is 2.28. The van der Waals surface area contributed by atoms with Crippen molar-refractivity contribution in [3.8, 4) is 0 Å². The number of hydrogen-bond acceptors (Lipinski definition) is 1. The van der Waals surface area contributed by atoms with Crippen LogP contribution in [0, 0.1) is 6.92 Å². The van der Waals surface area contributed by atoms with E-state index >= 15 is 0 Å². The van der Waals surface area contributed by atoms with E-state index in [4.69, 9.17) is 0 Å². The van der Waals surface area contributed by atoms with E-state index in [0.29, 0.717) is 0 Å². The molecule has 2 aromatic rings. The predicted molar refractivity (Wildman–Crippen MR) is 65.9 cm³/mol. The summed E-state index contributed by atoms with van der Waals surface area (Å²) in [5.41, 5.74) is 2.50. The molecule has 0 fully saturated rings. The molecule has 1 heteroatoms. The van der Waals surface area contributed by atoms with Crippen LogP contribution in [0.3, 0.4) is 0 Å².